The minimum Gasteiger partial charge on any atom is -0.384 e. The molecule has 0 saturated heterocycles. The molecule has 0 atom stereocenters. The minimum atomic E-state index is -0.223. The number of nitrogens with one attached hydrogen (secondary N) is 1. The van der Waals surface area contributed by atoms with Crippen LogP contribution in [-0.4, -0.2) is 25.0 Å². The van der Waals surface area contributed by atoms with Crippen LogP contribution >= 0.6 is 11.6 Å². The number of likely N-dealkylation sites (N-methyl/N-ethyl adjacent to an activating group) is 1. The summed E-state index contributed by atoms with van der Waals surface area (Å²) < 4.78 is 13.0. The monoisotopic (exact) mass is 292 g/mol. The van der Waals surface area contributed by atoms with Gasteiger partial charge in [0.1, 0.15) is 5.82 Å². The molecule has 106 valence electrons. The molecule has 0 heterocycles. The fraction of sp³-hybridized carbons (Fsp3) is 0.250. The summed E-state index contributed by atoms with van der Waals surface area (Å²) in [6.07, 6.45) is 0. The zero-order valence-corrected chi connectivity index (χ0v) is 12.2. The van der Waals surface area contributed by atoms with E-state index in [0.29, 0.717) is 0 Å². The van der Waals surface area contributed by atoms with E-state index in [1.165, 1.54) is 12.1 Å². The van der Waals surface area contributed by atoms with Crippen molar-refractivity contribution in [1.82, 2.24) is 4.90 Å². The molecule has 4 heteroatoms. The van der Waals surface area contributed by atoms with Crippen molar-refractivity contribution < 1.29 is 4.39 Å². The zero-order chi connectivity index (χ0) is 14.4. The van der Waals surface area contributed by atoms with Crippen molar-refractivity contribution >= 4 is 17.3 Å². The van der Waals surface area contributed by atoms with Crippen molar-refractivity contribution in [2.24, 2.45) is 0 Å². The maximum absolute atomic E-state index is 13.0. The van der Waals surface area contributed by atoms with Crippen LogP contribution in [0.5, 0.6) is 0 Å². The van der Waals surface area contributed by atoms with Crippen molar-refractivity contribution in [1.29, 1.82) is 0 Å². The normalized spacial score (nSPS) is 10.8. The molecule has 2 rings (SSSR count). The molecule has 0 aliphatic rings. The van der Waals surface area contributed by atoms with E-state index in [0.717, 1.165) is 35.9 Å². The van der Waals surface area contributed by atoms with Crippen LogP contribution in [0.25, 0.3) is 0 Å². The Kier molecular flexibility index (Phi) is 5.39. The van der Waals surface area contributed by atoms with Crippen LogP contribution in [0.4, 0.5) is 10.1 Å². The van der Waals surface area contributed by atoms with Crippen molar-refractivity contribution in [3.05, 3.63) is 64.9 Å². The first-order valence-electron chi connectivity index (χ1n) is 6.56. The van der Waals surface area contributed by atoms with Crippen LogP contribution in [0, 0.1) is 5.82 Å². The molecule has 0 aliphatic heterocycles. The third-order valence-electron chi connectivity index (χ3n) is 3.05. The molecule has 1 N–H and O–H groups in total. The van der Waals surface area contributed by atoms with E-state index in [1.54, 1.807) is 6.07 Å². The molecular weight excluding hydrogens is 275 g/mol. The fourth-order valence-corrected chi connectivity index (χ4v) is 2.18. The number of anilines is 1. The van der Waals surface area contributed by atoms with Gasteiger partial charge in [-0.05, 0) is 36.9 Å². The summed E-state index contributed by atoms with van der Waals surface area (Å²) in [4.78, 5) is 2.17. The number of hydrogen-bond acceptors (Lipinski definition) is 2. The van der Waals surface area contributed by atoms with E-state index in [4.69, 9.17) is 11.6 Å². The van der Waals surface area contributed by atoms with Gasteiger partial charge in [0.15, 0.2) is 0 Å². The number of hydrogen-bond donors (Lipinski definition) is 1. The lowest BCUT2D eigenvalue weighted by Crippen LogP contribution is -2.24. The Balaban J connectivity index is 1.78. The lowest BCUT2D eigenvalue weighted by atomic mass is 10.2. The van der Waals surface area contributed by atoms with Gasteiger partial charge in [0.2, 0.25) is 0 Å². The first kappa shape index (κ1) is 14.8. The standard InChI is InChI=1S/C16H18ClFN2/c1-20(12-13-5-2-3-8-16(13)17)10-9-19-15-7-4-6-14(18)11-15/h2-8,11,19H,9-10,12H2,1H3. The number of halogens is 2. The van der Waals surface area contributed by atoms with Gasteiger partial charge in [-0.15, -0.1) is 0 Å². The average molecular weight is 293 g/mol. The van der Waals surface area contributed by atoms with Crippen molar-refractivity contribution in [3.8, 4) is 0 Å². The highest BCUT2D eigenvalue weighted by Gasteiger charge is 2.03. The van der Waals surface area contributed by atoms with E-state index < -0.39 is 0 Å². The zero-order valence-electron chi connectivity index (χ0n) is 11.4. The van der Waals surface area contributed by atoms with E-state index in [2.05, 4.69) is 10.2 Å². The summed E-state index contributed by atoms with van der Waals surface area (Å²) in [5.74, 6) is -0.223. The second-order valence-corrected chi connectivity index (χ2v) is 5.17. The van der Waals surface area contributed by atoms with Gasteiger partial charge in [-0.2, -0.15) is 0 Å². The Morgan fingerprint density at radius 3 is 2.70 bits per heavy atom. The fourth-order valence-electron chi connectivity index (χ4n) is 1.99. The van der Waals surface area contributed by atoms with Crippen molar-refractivity contribution in [2.45, 2.75) is 6.54 Å². The van der Waals surface area contributed by atoms with E-state index >= 15 is 0 Å². The van der Waals surface area contributed by atoms with Crippen molar-refractivity contribution in [2.75, 3.05) is 25.5 Å². The molecule has 0 fully saturated rings. The van der Waals surface area contributed by atoms with Gasteiger partial charge in [0.05, 0.1) is 0 Å². The number of rotatable bonds is 6. The molecule has 2 nitrogen and oxygen atoms in total. The highest BCUT2D eigenvalue weighted by molar-refractivity contribution is 6.31. The van der Waals surface area contributed by atoms with Gasteiger partial charge in [-0.25, -0.2) is 4.39 Å². The Morgan fingerprint density at radius 2 is 1.95 bits per heavy atom. The van der Waals surface area contributed by atoms with Gasteiger partial charge < -0.3 is 10.2 Å². The first-order chi connectivity index (χ1) is 9.65. The molecular formula is C16H18ClFN2. The highest BCUT2D eigenvalue weighted by atomic mass is 35.5. The molecule has 20 heavy (non-hydrogen) atoms. The molecule has 0 amide bonds. The number of nitrogens with zero attached hydrogens (tertiary/aromatic N) is 1. The van der Waals surface area contributed by atoms with Gasteiger partial charge in [0.25, 0.3) is 0 Å². The number of benzene rings is 2. The summed E-state index contributed by atoms with van der Waals surface area (Å²) in [6.45, 7) is 2.40. The SMILES string of the molecule is CN(CCNc1cccc(F)c1)Cc1ccccc1Cl. The topological polar surface area (TPSA) is 15.3 Å². The molecule has 0 unspecified atom stereocenters. The third-order valence-corrected chi connectivity index (χ3v) is 3.41. The smallest absolute Gasteiger partial charge is 0.125 e. The Bertz CT molecular complexity index is 560. The Labute approximate surface area is 124 Å². The molecule has 0 radical (unpaired) electrons. The summed E-state index contributed by atoms with van der Waals surface area (Å²) in [6, 6.07) is 14.3. The van der Waals surface area contributed by atoms with Gasteiger partial charge in [-0.3, -0.25) is 0 Å². The average Bonchev–Trinajstić information content (AvgIpc) is 2.41. The quantitative estimate of drug-likeness (QED) is 0.865. The van der Waals surface area contributed by atoms with E-state index in [1.807, 2.05) is 37.4 Å². The molecule has 0 bridgehead atoms. The van der Waals surface area contributed by atoms with Crippen LogP contribution in [0.3, 0.4) is 0 Å². The van der Waals surface area contributed by atoms with E-state index in [9.17, 15) is 4.39 Å². The van der Waals surface area contributed by atoms with Crippen LogP contribution in [0.1, 0.15) is 5.56 Å². The van der Waals surface area contributed by atoms with Crippen LogP contribution in [0.2, 0.25) is 5.02 Å². The van der Waals surface area contributed by atoms with Gasteiger partial charge >= 0.3 is 0 Å². The highest BCUT2D eigenvalue weighted by Crippen LogP contribution is 2.16. The largest absolute Gasteiger partial charge is 0.384 e. The van der Waals surface area contributed by atoms with Gasteiger partial charge in [-0.1, -0.05) is 35.9 Å². The minimum absolute atomic E-state index is 0.223. The maximum atomic E-state index is 13.0. The molecule has 2 aromatic rings. The predicted molar refractivity (Wildman–Crippen MR) is 82.7 cm³/mol. The third kappa shape index (κ3) is 4.51. The summed E-state index contributed by atoms with van der Waals surface area (Å²) >= 11 is 6.13. The Morgan fingerprint density at radius 1 is 1.15 bits per heavy atom. The second kappa shape index (κ2) is 7.27. The Hall–Kier alpha value is -1.58. The molecule has 0 saturated carbocycles. The van der Waals surface area contributed by atoms with Crippen LogP contribution in [0.15, 0.2) is 48.5 Å². The van der Waals surface area contributed by atoms with E-state index in [-0.39, 0.29) is 5.82 Å². The summed E-state index contributed by atoms with van der Waals surface area (Å²) in [5.41, 5.74) is 1.92. The molecule has 0 spiro atoms. The first-order valence-corrected chi connectivity index (χ1v) is 6.94. The molecule has 2 aromatic carbocycles. The van der Waals surface area contributed by atoms with Crippen LogP contribution < -0.4 is 5.32 Å². The lowest BCUT2D eigenvalue weighted by molar-refractivity contribution is 0.340. The van der Waals surface area contributed by atoms with Crippen molar-refractivity contribution in [3.63, 3.8) is 0 Å². The lowest BCUT2D eigenvalue weighted by Gasteiger charge is -2.18. The predicted octanol–water partition coefficient (Wildman–Crippen LogP) is 4.02. The van der Waals surface area contributed by atoms with Gasteiger partial charge in [0, 0.05) is 30.3 Å². The maximum Gasteiger partial charge on any atom is 0.125 e. The summed E-state index contributed by atoms with van der Waals surface area (Å²) in [7, 11) is 2.04. The second-order valence-electron chi connectivity index (χ2n) is 4.77. The summed E-state index contributed by atoms with van der Waals surface area (Å²) in [5, 5.41) is 3.99. The molecule has 0 aliphatic carbocycles. The molecule has 0 aromatic heterocycles. The van der Waals surface area contributed by atoms with Crippen LogP contribution in [-0.2, 0) is 6.54 Å².